The molecule has 1 unspecified atom stereocenters. The number of nitrogens with zero attached hydrogens (tertiary/aromatic N) is 2. The molecule has 5 nitrogen and oxygen atoms in total. The largest absolute Gasteiger partial charge is 0.396 e. The zero-order valence-electron chi connectivity index (χ0n) is 10.8. The minimum Gasteiger partial charge on any atom is -0.396 e. The van der Waals surface area contributed by atoms with Gasteiger partial charge in [0.15, 0.2) is 0 Å². The van der Waals surface area contributed by atoms with Crippen LogP contribution in [0.1, 0.15) is 30.1 Å². The zero-order chi connectivity index (χ0) is 13.7. The number of carbonyl (C=O) groups excluding carboxylic acids is 1. The van der Waals surface area contributed by atoms with Gasteiger partial charge >= 0.3 is 0 Å². The van der Waals surface area contributed by atoms with Crippen molar-refractivity contribution < 1.29 is 9.90 Å². The predicted octanol–water partition coefficient (Wildman–Crippen LogP) is 1.52. The Morgan fingerprint density at radius 1 is 1.37 bits per heavy atom. The standard InChI is InChI=1S/C14H17N3O2/c1-10(4-3-9-18)17-14(19)11-5-2-6-12-13(11)16-8-7-15-12/h2,5-8,10,18H,3-4,9H2,1H3,(H,17,19). The lowest BCUT2D eigenvalue weighted by atomic mass is 10.1. The van der Waals surface area contributed by atoms with E-state index in [0.29, 0.717) is 23.0 Å². The third-order valence-corrected chi connectivity index (χ3v) is 2.92. The summed E-state index contributed by atoms with van der Waals surface area (Å²) in [6.07, 6.45) is 4.61. The molecule has 19 heavy (non-hydrogen) atoms. The topological polar surface area (TPSA) is 75.1 Å². The average molecular weight is 259 g/mol. The van der Waals surface area contributed by atoms with Crippen LogP contribution in [-0.4, -0.2) is 33.6 Å². The highest BCUT2D eigenvalue weighted by atomic mass is 16.3. The Morgan fingerprint density at radius 3 is 2.95 bits per heavy atom. The molecule has 0 aliphatic carbocycles. The lowest BCUT2D eigenvalue weighted by molar-refractivity contribution is 0.0938. The van der Waals surface area contributed by atoms with Crippen LogP contribution in [0, 0.1) is 0 Å². The van der Waals surface area contributed by atoms with Gasteiger partial charge in [-0.1, -0.05) is 6.07 Å². The minimum atomic E-state index is -0.156. The fourth-order valence-electron chi connectivity index (χ4n) is 1.95. The van der Waals surface area contributed by atoms with Crippen molar-refractivity contribution in [3.05, 3.63) is 36.2 Å². The second kappa shape index (κ2) is 6.24. The van der Waals surface area contributed by atoms with Gasteiger partial charge in [-0.2, -0.15) is 0 Å². The number of nitrogens with one attached hydrogen (secondary N) is 1. The summed E-state index contributed by atoms with van der Waals surface area (Å²) in [6, 6.07) is 5.38. The number of fused-ring (bicyclic) bond motifs is 1. The number of para-hydroxylation sites is 1. The number of aliphatic hydroxyl groups is 1. The molecule has 0 saturated carbocycles. The van der Waals surface area contributed by atoms with Gasteiger partial charge in [-0.3, -0.25) is 14.8 Å². The first-order valence-electron chi connectivity index (χ1n) is 6.34. The predicted molar refractivity (Wildman–Crippen MR) is 72.8 cm³/mol. The Balaban J connectivity index is 2.17. The van der Waals surface area contributed by atoms with E-state index in [1.807, 2.05) is 13.0 Å². The Morgan fingerprint density at radius 2 is 2.16 bits per heavy atom. The molecule has 0 bridgehead atoms. The quantitative estimate of drug-likeness (QED) is 0.853. The molecule has 1 heterocycles. The molecule has 0 saturated heterocycles. The molecule has 1 aromatic carbocycles. The van der Waals surface area contributed by atoms with Crippen LogP contribution in [0.25, 0.3) is 11.0 Å². The van der Waals surface area contributed by atoms with Gasteiger partial charge in [0.1, 0.15) is 5.52 Å². The Kier molecular flexibility index (Phi) is 4.41. The van der Waals surface area contributed by atoms with Crippen LogP contribution < -0.4 is 5.32 Å². The second-order valence-electron chi connectivity index (χ2n) is 4.47. The first kappa shape index (κ1) is 13.4. The molecule has 0 aliphatic rings. The lowest BCUT2D eigenvalue weighted by Crippen LogP contribution is -2.32. The van der Waals surface area contributed by atoms with Crippen molar-refractivity contribution in [1.29, 1.82) is 0 Å². The first-order valence-corrected chi connectivity index (χ1v) is 6.34. The number of amides is 1. The Labute approximate surface area is 111 Å². The number of hydrogen-bond donors (Lipinski definition) is 2. The van der Waals surface area contributed by atoms with Crippen LogP contribution in [0.4, 0.5) is 0 Å². The lowest BCUT2D eigenvalue weighted by Gasteiger charge is -2.13. The van der Waals surface area contributed by atoms with Gasteiger partial charge in [-0.25, -0.2) is 0 Å². The van der Waals surface area contributed by atoms with Crippen molar-refractivity contribution in [3.63, 3.8) is 0 Å². The van der Waals surface area contributed by atoms with Crippen molar-refractivity contribution in [1.82, 2.24) is 15.3 Å². The molecule has 0 radical (unpaired) electrons. The second-order valence-corrected chi connectivity index (χ2v) is 4.47. The molecule has 1 aromatic heterocycles. The maximum absolute atomic E-state index is 12.2. The van der Waals surface area contributed by atoms with Crippen molar-refractivity contribution in [2.45, 2.75) is 25.8 Å². The molecule has 5 heteroatoms. The summed E-state index contributed by atoms with van der Waals surface area (Å²) in [5, 5.41) is 11.7. The summed E-state index contributed by atoms with van der Waals surface area (Å²) in [7, 11) is 0. The number of aromatic nitrogens is 2. The maximum atomic E-state index is 12.2. The highest BCUT2D eigenvalue weighted by Gasteiger charge is 2.13. The van der Waals surface area contributed by atoms with Crippen molar-refractivity contribution in [2.24, 2.45) is 0 Å². The van der Waals surface area contributed by atoms with E-state index in [-0.39, 0.29) is 18.6 Å². The molecule has 2 aromatic rings. The number of benzene rings is 1. The normalized spacial score (nSPS) is 12.3. The van der Waals surface area contributed by atoms with Crippen LogP contribution in [-0.2, 0) is 0 Å². The molecule has 1 amide bonds. The molecule has 0 aliphatic heterocycles. The number of aliphatic hydroxyl groups excluding tert-OH is 1. The van der Waals surface area contributed by atoms with Crippen LogP contribution in [0.3, 0.4) is 0 Å². The van der Waals surface area contributed by atoms with E-state index < -0.39 is 0 Å². The molecule has 1 atom stereocenters. The Hall–Kier alpha value is -2.01. The van der Waals surface area contributed by atoms with Crippen molar-refractivity contribution in [3.8, 4) is 0 Å². The summed E-state index contributed by atoms with van der Waals surface area (Å²) in [4.78, 5) is 20.6. The third-order valence-electron chi connectivity index (χ3n) is 2.92. The summed E-state index contributed by atoms with van der Waals surface area (Å²) in [5.74, 6) is -0.156. The van der Waals surface area contributed by atoms with Crippen LogP contribution >= 0.6 is 0 Å². The van der Waals surface area contributed by atoms with E-state index in [0.717, 1.165) is 6.42 Å². The summed E-state index contributed by atoms with van der Waals surface area (Å²) in [6.45, 7) is 2.06. The molecule has 2 N–H and O–H groups in total. The van der Waals surface area contributed by atoms with E-state index in [1.54, 1.807) is 24.5 Å². The van der Waals surface area contributed by atoms with Gasteiger partial charge in [0.2, 0.25) is 0 Å². The van der Waals surface area contributed by atoms with Gasteiger partial charge in [-0.15, -0.1) is 0 Å². The van der Waals surface area contributed by atoms with E-state index >= 15 is 0 Å². The van der Waals surface area contributed by atoms with E-state index in [1.165, 1.54) is 0 Å². The molecule has 0 fully saturated rings. The van der Waals surface area contributed by atoms with Crippen LogP contribution in [0.5, 0.6) is 0 Å². The van der Waals surface area contributed by atoms with E-state index in [4.69, 9.17) is 5.11 Å². The van der Waals surface area contributed by atoms with Crippen LogP contribution in [0.15, 0.2) is 30.6 Å². The molecular weight excluding hydrogens is 242 g/mol. The molecule has 0 spiro atoms. The molecular formula is C14H17N3O2. The van der Waals surface area contributed by atoms with Crippen LogP contribution in [0.2, 0.25) is 0 Å². The van der Waals surface area contributed by atoms with E-state index in [2.05, 4.69) is 15.3 Å². The minimum absolute atomic E-state index is 0.0200. The fourth-order valence-corrected chi connectivity index (χ4v) is 1.95. The number of hydrogen-bond acceptors (Lipinski definition) is 4. The van der Waals surface area contributed by atoms with Gasteiger partial charge < -0.3 is 10.4 Å². The summed E-state index contributed by atoms with van der Waals surface area (Å²) in [5.41, 5.74) is 1.84. The van der Waals surface area contributed by atoms with Gasteiger partial charge in [0, 0.05) is 25.0 Å². The zero-order valence-corrected chi connectivity index (χ0v) is 10.8. The molecule has 100 valence electrons. The average Bonchev–Trinajstić information content (AvgIpc) is 2.44. The first-order chi connectivity index (χ1) is 9.22. The van der Waals surface area contributed by atoms with Gasteiger partial charge in [-0.05, 0) is 31.9 Å². The van der Waals surface area contributed by atoms with Gasteiger partial charge in [0.05, 0.1) is 11.1 Å². The highest BCUT2D eigenvalue weighted by Crippen LogP contribution is 2.14. The number of carbonyl (C=O) groups is 1. The van der Waals surface area contributed by atoms with Gasteiger partial charge in [0.25, 0.3) is 5.91 Å². The highest BCUT2D eigenvalue weighted by molar-refractivity contribution is 6.04. The SMILES string of the molecule is CC(CCCO)NC(=O)c1cccc2nccnc12. The molecule has 2 rings (SSSR count). The fraction of sp³-hybridized carbons (Fsp3) is 0.357. The van der Waals surface area contributed by atoms with Crippen molar-refractivity contribution in [2.75, 3.05) is 6.61 Å². The third kappa shape index (κ3) is 3.26. The van der Waals surface area contributed by atoms with Crippen molar-refractivity contribution >= 4 is 16.9 Å². The Bertz CT molecular complexity index is 566. The summed E-state index contributed by atoms with van der Waals surface area (Å²) < 4.78 is 0. The smallest absolute Gasteiger partial charge is 0.253 e. The maximum Gasteiger partial charge on any atom is 0.253 e. The number of rotatable bonds is 5. The summed E-state index contributed by atoms with van der Waals surface area (Å²) >= 11 is 0. The van der Waals surface area contributed by atoms with E-state index in [9.17, 15) is 4.79 Å². The monoisotopic (exact) mass is 259 g/mol.